The van der Waals surface area contributed by atoms with Gasteiger partial charge in [0, 0.05) is 19.5 Å². The molecule has 2 fully saturated rings. The summed E-state index contributed by atoms with van der Waals surface area (Å²) in [7, 11) is 0. The third-order valence-corrected chi connectivity index (χ3v) is 17.1. The van der Waals surface area contributed by atoms with Gasteiger partial charge in [-0.15, -0.1) is 0 Å². The van der Waals surface area contributed by atoms with E-state index < -0.39 is 199 Å². The molecule has 2 aliphatic heterocycles. The standard InChI is InChI=1S/C63H108N14O21/c1-8-10-11-12-13-14-15-26-46(81)73-51(38(7)80)62(96)77-30-21-25-45(77)58(92)75-50(37(6)79)60(94)66-35(4)52(86)68-39(22-16-18-27-64)53(87)67-36(5)61(95)76-29-20-24-44(76)57(91)72-43(33-78)56(90)69-40(23-17-19-28-65)54(88)74-49(34(3)9-2)59(93)70-41(31-47(82)83)55(89)71-42(63(97)98)32-48(84)85/h34-45,49-51,78-80H,8-33,64-65H2,1-7H3,(H,66,94)(H,67,87)(H,68,86)(H,69,90)(H,70,93)(H,71,89)(H,72,91)(H,73,81)(H,74,88)(H,75,92)(H,82,83)(H,84,85)(H,97,98)/t34-,35-,36-,37+,38+,39-,40-,41-,42-,43-,44-,45-,49-,50-,51-/m0/s1. The number of aliphatic hydroxyl groups is 3. The summed E-state index contributed by atoms with van der Waals surface area (Å²) >= 11 is 0. The lowest BCUT2D eigenvalue weighted by Crippen LogP contribution is -2.61. The van der Waals surface area contributed by atoms with Crippen LogP contribution in [-0.4, -0.2) is 247 Å². The molecule has 0 spiro atoms. The molecule has 2 heterocycles. The maximum absolute atomic E-state index is 14.1. The monoisotopic (exact) mass is 1400 g/mol. The molecule has 15 atom stereocenters. The van der Waals surface area contributed by atoms with Gasteiger partial charge in [-0.3, -0.25) is 67.1 Å². The SMILES string of the molecule is CCCCCCCCCC(=O)N[C@H](C(=O)N1CCC[C@H]1C(=O)N[C@H](C(=O)N[C@@H](C)C(=O)N[C@@H](CCCCN)C(=O)N[C@@H](C)C(=O)N1CCC[C@H]1C(=O)N[C@@H](CO)C(=O)N[C@@H](CCCCN)C(=O)N[C@H](C(=O)N[C@@H](CC(=O)O)C(=O)N[C@@H](CC(=O)O)C(=O)O)[C@@H](C)CC)[C@@H](C)O)[C@@H](C)O. The van der Waals surface area contributed by atoms with Gasteiger partial charge in [-0.05, 0) is 117 Å². The van der Waals surface area contributed by atoms with Crippen LogP contribution >= 0.6 is 0 Å². The van der Waals surface area contributed by atoms with Crippen LogP contribution in [0.1, 0.15) is 183 Å². The van der Waals surface area contributed by atoms with E-state index >= 15 is 0 Å². The molecular weight excluding hydrogens is 1290 g/mol. The first kappa shape index (κ1) is 85.9. The van der Waals surface area contributed by atoms with Crippen LogP contribution in [0.2, 0.25) is 0 Å². The Morgan fingerprint density at radius 2 is 0.878 bits per heavy atom. The summed E-state index contributed by atoms with van der Waals surface area (Å²) in [4.78, 5) is 202. The van der Waals surface area contributed by atoms with E-state index in [2.05, 4.69) is 54.8 Å². The Morgan fingerprint density at radius 3 is 1.38 bits per heavy atom. The van der Waals surface area contributed by atoms with Crippen molar-refractivity contribution < 1.29 is 103 Å². The molecule has 98 heavy (non-hydrogen) atoms. The molecule has 12 amide bonds. The van der Waals surface area contributed by atoms with Gasteiger partial charge in [0.25, 0.3) is 0 Å². The molecule has 2 aliphatic rings. The average molecular weight is 1400 g/mol. The van der Waals surface area contributed by atoms with Crippen LogP contribution in [0.25, 0.3) is 0 Å². The van der Waals surface area contributed by atoms with E-state index in [1.165, 1.54) is 39.5 Å². The highest BCUT2D eigenvalue weighted by atomic mass is 16.4. The van der Waals surface area contributed by atoms with Crippen molar-refractivity contribution in [2.45, 2.75) is 268 Å². The Bertz CT molecular complexity index is 2710. The number of nitrogens with one attached hydrogen (secondary N) is 10. The van der Waals surface area contributed by atoms with E-state index in [4.69, 9.17) is 16.6 Å². The second-order valence-electron chi connectivity index (χ2n) is 25.2. The smallest absolute Gasteiger partial charge is 0.326 e. The Balaban J connectivity index is 2.20. The van der Waals surface area contributed by atoms with Crippen LogP contribution in [-0.2, 0) is 71.9 Å². The molecule has 20 N–H and O–H groups in total. The predicted molar refractivity (Wildman–Crippen MR) is 351 cm³/mol. The van der Waals surface area contributed by atoms with Gasteiger partial charge in [0.1, 0.15) is 72.5 Å². The van der Waals surface area contributed by atoms with E-state index in [0.717, 1.165) is 43.4 Å². The molecule has 0 bridgehead atoms. The number of aliphatic carboxylic acids is 3. The van der Waals surface area contributed by atoms with Crippen LogP contribution < -0.4 is 64.6 Å². The van der Waals surface area contributed by atoms with Gasteiger partial charge in [0.2, 0.25) is 70.9 Å². The lowest BCUT2D eigenvalue weighted by atomic mass is 9.96. The van der Waals surface area contributed by atoms with Crippen molar-refractivity contribution in [1.82, 2.24) is 63.0 Å². The minimum absolute atomic E-state index is 0.00189. The number of hydrogen-bond acceptors (Lipinski definition) is 20. The maximum atomic E-state index is 14.1. The molecule has 35 nitrogen and oxygen atoms in total. The summed E-state index contributed by atoms with van der Waals surface area (Å²) in [6, 6.07) is -18.3. The van der Waals surface area contributed by atoms with E-state index in [1.54, 1.807) is 6.92 Å². The van der Waals surface area contributed by atoms with Gasteiger partial charge < -0.3 is 105 Å². The minimum Gasteiger partial charge on any atom is -0.481 e. The van der Waals surface area contributed by atoms with E-state index in [1.807, 2.05) is 5.32 Å². The number of amides is 12. The third-order valence-electron chi connectivity index (χ3n) is 17.1. The average Bonchev–Trinajstić information content (AvgIpc) is 1.59. The number of nitrogens with two attached hydrogens (primary N) is 2. The fourth-order valence-corrected chi connectivity index (χ4v) is 11.1. The molecule has 0 aliphatic carbocycles. The first-order valence-corrected chi connectivity index (χ1v) is 34.0. The first-order valence-electron chi connectivity index (χ1n) is 34.0. The second-order valence-corrected chi connectivity index (χ2v) is 25.2. The summed E-state index contributed by atoms with van der Waals surface area (Å²) in [5, 5.41) is 83.8. The van der Waals surface area contributed by atoms with Crippen molar-refractivity contribution in [3.8, 4) is 0 Å². The van der Waals surface area contributed by atoms with Crippen molar-refractivity contribution in [2.75, 3.05) is 32.8 Å². The summed E-state index contributed by atoms with van der Waals surface area (Å²) in [6.07, 6.45) is 4.08. The van der Waals surface area contributed by atoms with Crippen molar-refractivity contribution in [1.29, 1.82) is 0 Å². The number of nitrogens with zero attached hydrogens (tertiary/aromatic N) is 2. The van der Waals surface area contributed by atoms with Gasteiger partial charge >= 0.3 is 17.9 Å². The molecule has 0 unspecified atom stereocenters. The molecule has 0 saturated carbocycles. The van der Waals surface area contributed by atoms with Gasteiger partial charge in [0.05, 0.1) is 31.7 Å². The summed E-state index contributed by atoms with van der Waals surface area (Å²) in [5.41, 5.74) is 11.4. The molecule has 0 radical (unpaired) electrons. The van der Waals surface area contributed by atoms with Crippen molar-refractivity contribution in [3.05, 3.63) is 0 Å². The number of carbonyl (C=O) groups excluding carboxylic acids is 12. The van der Waals surface area contributed by atoms with Crippen molar-refractivity contribution >= 4 is 88.8 Å². The predicted octanol–water partition coefficient (Wildman–Crippen LogP) is -3.91. The van der Waals surface area contributed by atoms with Crippen molar-refractivity contribution in [2.24, 2.45) is 17.4 Å². The van der Waals surface area contributed by atoms with Crippen LogP contribution in [0.15, 0.2) is 0 Å². The Labute approximate surface area is 570 Å². The summed E-state index contributed by atoms with van der Waals surface area (Å²) in [5.74, 6) is -16.7. The summed E-state index contributed by atoms with van der Waals surface area (Å²) < 4.78 is 0. The van der Waals surface area contributed by atoms with Gasteiger partial charge in [0.15, 0.2) is 0 Å². The zero-order chi connectivity index (χ0) is 73.9. The molecular formula is C63H108N14O21. The fourth-order valence-electron chi connectivity index (χ4n) is 11.1. The Morgan fingerprint density at radius 1 is 0.439 bits per heavy atom. The molecule has 0 aromatic heterocycles. The largest absolute Gasteiger partial charge is 0.481 e. The van der Waals surface area contributed by atoms with E-state index in [-0.39, 0.29) is 77.5 Å². The number of carbonyl (C=O) groups is 15. The highest BCUT2D eigenvalue weighted by molar-refractivity contribution is 6.00. The molecule has 35 heteroatoms. The highest BCUT2D eigenvalue weighted by Crippen LogP contribution is 2.22. The number of carboxylic acids is 3. The number of rotatable bonds is 47. The minimum atomic E-state index is -2.01. The number of hydrogen-bond donors (Lipinski definition) is 18. The summed E-state index contributed by atoms with van der Waals surface area (Å²) in [6.45, 7) is 9.85. The molecule has 0 aromatic carbocycles. The van der Waals surface area contributed by atoms with E-state index in [9.17, 15) is 97.5 Å². The van der Waals surface area contributed by atoms with Crippen LogP contribution in [0.4, 0.5) is 0 Å². The van der Waals surface area contributed by atoms with Gasteiger partial charge in [-0.25, -0.2) is 4.79 Å². The molecule has 0 aromatic rings. The fraction of sp³-hybridized carbons (Fsp3) is 0.762. The molecule has 556 valence electrons. The maximum Gasteiger partial charge on any atom is 0.326 e. The number of aliphatic hydroxyl groups excluding tert-OH is 3. The number of unbranched alkanes of at least 4 members (excludes halogenated alkanes) is 8. The zero-order valence-corrected chi connectivity index (χ0v) is 57.4. The van der Waals surface area contributed by atoms with Gasteiger partial charge in [-0.1, -0.05) is 65.7 Å². The first-order chi connectivity index (χ1) is 46.3. The lowest BCUT2D eigenvalue weighted by molar-refractivity contribution is -0.148. The van der Waals surface area contributed by atoms with Crippen molar-refractivity contribution in [3.63, 3.8) is 0 Å². The zero-order valence-electron chi connectivity index (χ0n) is 57.4. The second kappa shape index (κ2) is 44.7. The number of carboxylic acid groups (broad SMARTS) is 3. The van der Waals surface area contributed by atoms with Crippen LogP contribution in [0.5, 0.6) is 0 Å². The Hall–Kier alpha value is -8.15. The molecule has 2 saturated heterocycles. The third kappa shape index (κ3) is 29.1. The van der Waals surface area contributed by atoms with Gasteiger partial charge in [-0.2, -0.15) is 0 Å². The molecule has 2 rings (SSSR count). The quantitative estimate of drug-likeness (QED) is 0.0259. The van der Waals surface area contributed by atoms with Crippen LogP contribution in [0, 0.1) is 5.92 Å². The van der Waals surface area contributed by atoms with Crippen LogP contribution in [0.3, 0.4) is 0 Å². The topological polar surface area (TPSA) is 556 Å². The van der Waals surface area contributed by atoms with E-state index in [0.29, 0.717) is 32.1 Å². The normalized spacial score (nSPS) is 18.3. The lowest BCUT2D eigenvalue weighted by Gasteiger charge is -2.31. The number of likely N-dealkylation sites (tertiary alicyclic amines) is 2. The highest BCUT2D eigenvalue weighted by Gasteiger charge is 2.43. The Kier molecular flexibility index (Phi) is 39.2.